The first-order chi connectivity index (χ1) is 15.8. The van der Waals surface area contributed by atoms with Crippen LogP contribution >= 0.6 is 0 Å². The molecule has 2 aromatic carbocycles. The molecule has 0 aromatic heterocycles. The standard InChI is InChI=1S/C29H47N3O2/c1-11-28(3,4)23-13-14-26(25(17-23)29(5,6)12-2)34-20-30-24-15-21(18-31(7)8)27(33)22(16-24)19-32(9)10/h13-17,30,33H,11-12,18-20H2,1-10H3. The third-order valence-corrected chi connectivity index (χ3v) is 7.00. The SMILES string of the molecule is CCC(C)(C)c1ccc(OCNc2cc(CN(C)C)c(O)c(CN(C)C)c2)c(C(C)(C)CC)c1. The highest BCUT2D eigenvalue weighted by molar-refractivity contribution is 5.55. The van der Waals surface area contributed by atoms with Crippen LogP contribution in [0.4, 0.5) is 5.69 Å². The molecular weight excluding hydrogens is 422 g/mol. The molecule has 0 amide bonds. The van der Waals surface area contributed by atoms with Gasteiger partial charge in [0.15, 0.2) is 6.73 Å². The first kappa shape index (κ1) is 28.0. The zero-order valence-electron chi connectivity index (χ0n) is 23.2. The van der Waals surface area contributed by atoms with Crippen LogP contribution in [0.1, 0.15) is 76.6 Å². The molecule has 2 aromatic rings. The maximum absolute atomic E-state index is 10.8. The number of anilines is 1. The summed E-state index contributed by atoms with van der Waals surface area (Å²) in [5.74, 6) is 1.30. The molecule has 0 aliphatic rings. The van der Waals surface area contributed by atoms with Crippen LogP contribution in [0.5, 0.6) is 11.5 Å². The molecule has 0 aliphatic heterocycles. The maximum atomic E-state index is 10.8. The number of benzene rings is 2. The third kappa shape index (κ3) is 7.13. The Balaban J connectivity index is 2.30. The van der Waals surface area contributed by atoms with Gasteiger partial charge in [-0.3, -0.25) is 0 Å². The van der Waals surface area contributed by atoms with Crippen molar-refractivity contribution < 1.29 is 9.84 Å². The fraction of sp³-hybridized carbons (Fsp3) is 0.586. The minimum Gasteiger partial charge on any atom is -0.507 e. The van der Waals surface area contributed by atoms with Crippen molar-refractivity contribution in [2.75, 3.05) is 40.2 Å². The fourth-order valence-corrected chi connectivity index (χ4v) is 3.98. The van der Waals surface area contributed by atoms with E-state index in [2.05, 4.69) is 74.9 Å². The predicted molar refractivity (Wildman–Crippen MR) is 145 cm³/mol. The van der Waals surface area contributed by atoms with Gasteiger partial charge in [-0.25, -0.2) is 0 Å². The van der Waals surface area contributed by atoms with E-state index in [4.69, 9.17) is 4.74 Å². The third-order valence-electron chi connectivity index (χ3n) is 7.00. The summed E-state index contributed by atoms with van der Waals surface area (Å²) in [6.07, 6.45) is 2.12. The zero-order valence-corrected chi connectivity index (χ0v) is 23.2. The average Bonchev–Trinajstić information content (AvgIpc) is 2.76. The molecule has 0 fully saturated rings. The van der Waals surface area contributed by atoms with Crippen LogP contribution in [0, 0.1) is 0 Å². The highest BCUT2D eigenvalue weighted by atomic mass is 16.5. The quantitative estimate of drug-likeness (QED) is 0.281. The fourth-order valence-electron chi connectivity index (χ4n) is 3.98. The van der Waals surface area contributed by atoms with Crippen LogP contribution in [-0.2, 0) is 23.9 Å². The van der Waals surface area contributed by atoms with Gasteiger partial charge in [0, 0.05) is 35.5 Å². The van der Waals surface area contributed by atoms with Gasteiger partial charge in [-0.15, -0.1) is 0 Å². The van der Waals surface area contributed by atoms with Crippen LogP contribution in [0.2, 0.25) is 0 Å². The van der Waals surface area contributed by atoms with E-state index in [1.54, 1.807) is 0 Å². The Morgan fingerprint density at radius 3 is 1.82 bits per heavy atom. The Morgan fingerprint density at radius 1 is 0.824 bits per heavy atom. The summed E-state index contributed by atoms with van der Waals surface area (Å²) >= 11 is 0. The lowest BCUT2D eigenvalue weighted by atomic mass is 9.76. The molecule has 0 unspecified atom stereocenters. The maximum Gasteiger partial charge on any atom is 0.159 e. The Kier molecular flexibility index (Phi) is 9.44. The van der Waals surface area contributed by atoms with Gasteiger partial charge in [0.25, 0.3) is 0 Å². The van der Waals surface area contributed by atoms with Crippen molar-refractivity contribution in [2.45, 2.75) is 78.3 Å². The number of nitrogens with zero attached hydrogens (tertiary/aromatic N) is 2. The molecule has 2 N–H and O–H groups in total. The molecule has 5 heteroatoms. The number of rotatable bonds is 12. The largest absolute Gasteiger partial charge is 0.507 e. The second kappa shape index (κ2) is 11.5. The van der Waals surface area contributed by atoms with Crippen molar-refractivity contribution in [3.63, 3.8) is 0 Å². The van der Waals surface area contributed by atoms with E-state index in [1.807, 2.05) is 40.3 Å². The summed E-state index contributed by atoms with van der Waals surface area (Å²) in [4.78, 5) is 4.13. The molecule has 0 saturated carbocycles. The van der Waals surface area contributed by atoms with E-state index in [1.165, 1.54) is 11.1 Å². The molecule has 2 rings (SSSR count). The molecule has 0 saturated heterocycles. The van der Waals surface area contributed by atoms with E-state index in [0.717, 1.165) is 35.4 Å². The van der Waals surface area contributed by atoms with E-state index >= 15 is 0 Å². The summed E-state index contributed by atoms with van der Waals surface area (Å²) < 4.78 is 6.31. The predicted octanol–water partition coefficient (Wildman–Crippen LogP) is 6.34. The van der Waals surface area contributed by atoms with Crippen LogP contribution in [0.25, 0.3) is 0 Å². The highest BCUT2D eigenvalue weighted by Gasteiger charge is 2.26. The lowest BCUT2D eigenvalue weighted by Crippen LogP contribution is -2.22. The molecule has 34 heavy (non-hydrogen) atoms. The normalized spacial score (nSPS) is 12.5. The van der Waals surface area contributed by atoms with Crippen LogP contribution in [-0.4, -0.2) is 49.8 Å². The second-order valence-electron chi connectivity index (χ2n) is 11.3. The van der Waals surface area contributed by atoms with Gasteiger partial charge in [-0.1, -0.05) is 53.7 Å². The monoisotopic (exact) mass is 469 g/mol. The number of aromatic hydroxyl groups is 1. The highest BCUT2D eigenvalue weighted by Crippen LogP contribution is 2.38. The smallest absolute Gasteiger partial charge is 0.159 e. The van der Waals surface area contributed by atoms with E-state index in [9.17, 15) is 5.11 Å². The number of phenolic OH excluding ortho intramolecular Hbond substituents is 1. The topological polar surface area (TPSA) is 48.0 Å². The van der Waals surface area contributed by atoms with Gasteiger partial charge < -0.3 is 25.0 Å². The number of ether oxygens (including phenoxy) is 1. The minimum atomic E-state index is 0.0193. The molecule has 0 radical (unpaired) electrons. The Morgan fingerprint density at radius 2 is 1.35 bits per heavy atom. The summed E-state index contributed by atoms with van der Waals surface area (Å²) in [5, 5.41) is 14.2. The van der Waals surface area contributed by atoms with Gasteiger partial charge in [0.2, 0.25) is 0 Å². The molecule has 0 spiro atoms. The molecule has 5 nitrogen and oxygen atoms in total. The average molecular weight is 470 g/mol. The number of hydrogen-bond donors (Lipinski definition) is 2. The molecular formula is C29H47N3O2. The van der Waals surface area contributed by atoms with Crippen molar-refractivity contribution >= 4 is 5.69 Å². The number of phenols is 1. The summed E-state index contributed by atoms with van der Waals surface area (Å²) in [6.45, 7) is 15.3. The van der Waals surface area contributed by atoms with E-state index in [0.29, 0.717) is 25.6 Å². The second-order valence-corrected chi connectivity index (χ2v) is 11.3. The minimum absolute atomic E-state index is 0.0193. The van der Waals surface area contributed by atoms with Crippen LogP contribution < -0.4 is 10.1 Å². The molecule has 0 heterocycles. The van der Waals surface area contributed by atoms with Gasteiger partial charge in [0.05, 0.1) is 0 Å². The van der Waals surface area contributed by atoms with Gasteiger partial charge in [0.1, 0.15) is 11.5 Å². The lowest BCUT2D eigenvalue weighted by molar-refractivity contribution is 0.331. The Labute approximate surface area is 208 Å². The van der Waals surface area contributed by atoms with Crippen molar-refractivity contribution in [3.05, 3.63) is 52.6 Å². The van der Waals surface area contributed by atoms with E-state index < -0.39 is 0 Å². The van der Waals surface area contributed by atoms with Crippen molar-refractivity contribution in [1.29, 1.82) is 0 Å². The summed E-state index contributed by atoms with van der Waals surface area (Å²) in [5.41, 5.74) is 5.52. The van der Waals surface area contributed by atoms with Crippen LogP contribution in [0.15, 0.2) is 30.3 Å². The van der Waals surface area contributed by atoms with Crippen LogP contribution in [0.3, 0.4) is 0 Å². The van der Waals surface area contributed by atoms with Crippen molar-refractivity contribution in [3.8, 4) is 11.5 Å². The molecule has 0 aliphatic carbocycles. The molecule has 0 bridgehead atoms. The van der Waals surface area contributed by atoms with Gasteiger partial charge in [-0.05, 0) is 75.6 Å². The zero-order chi connectivity index (χ0) is 25.7. The van der Waals surface area contributed by atoms with E-state index in [-0.39, 0.29) is 10.8 Å². The lowest BCUT2D eigenvalue weighted by Gasteiger charge is -2.30. The molecule has 190 valence electrons. The Hall–Kier alpha value is -2.24. The Bertz CT molecular complexity index is 917. The number of hydrogen-bond acceptors (Lipinski definition) is 5. The first-order valence-corrected chi connectivity index (χ1v) is 12.5. The first-order valence-electron chi connectivity index (χ1n) is 12.5. The number of nitrogens with one attached hydrogen (secondary N) is 1. The van der Waals surface area contributed by atoms with Crippen molar-refractivity contribution in [1.82, 2.24) is 9.80 Å². The summed E-state index contributed by atoms with van der Waals surface area (Å²) in [6, 6.07) is 10.7. The van der Waals surface area contributed by atoms with Crippen molar-refractivity contribution in [2.24, 2.45) is 0 Å². The molecule has 0 atom stereocenters. The van der Waals surface area contributed by atoms with Gasteiger partial charge in [-0.2, -0.15) is 0 Å². The summed E-state index contributed by atoms with van der Waals surface area (Å²) in [7, 11) is 8.03. The van der Waals surface area contributed by atoms with Gasteiger partial charge >= 0.3 is 0 Å².